The Hall–Kier alpha value is -1.46. The number of nitrogens with one attached hydrogen (secondary N) is 1. The Labute approximate surface area is 131 Å². The second-order valence-corrected chi connectivity index (χ2v) is 5.21. The fourth-order valence-corrected chi connectivity index (χ4v) is 2.68. The highest BCUT2D eigenvalue weighted by molar-refractivity contribution is 5.94. The lowest BCUT2D eigenvalue weighted by Gasteiger charge is -2.26. The molecule has 1 amide bonds. The summed E-state index contributed by atoms with van der Waals surface area (Å²) >= 11 is 0. The highest BCUT2D eigenvalue weighted by Gasteiger charge is 2.19. The second-order valence-electron chi connectivity index (χ2n) is 5.21. The van der Waals surface area contributed by atoms with Gasteiger partial charge in [0.1, 0.15) is 13.2 Å². The Balaban J connectivity index is 0.00000161. The van der Waals surface area contributed by atoms with Crippen molar-refractivity contribution in [1.82, 2.24) is 4.90 Å². The number of para-hydroxylation sites is 1. The second kappa shape index (κ2) is 7.52. The van der Waals surface area contributed by atoms with Crippen molar-refractivity contribution in [3.63, 3.8) is 0 Å². The van der Waals surface area contributed by atoms with Gasteiger partial charge < -0.3 is 27.2 Å². The van der Waals surface area contributed by atoms with E-state index < -0.39 is 0 Å². The third kappa shape index (κ3) is 4.02. The molecule has 1 N–H and O–H groups in total. The van der Waals surface area contributed by atoms with E-state index in [4.69, 9.17) is 9.47 Å². The van der Waals surface area contributed by atoms with Gasteiger partial charge in [0.15, 0.2) is 11.5 Å². The molecule has 0 atom stereocenters. The van der Waals surface area contributed by atoms with Gasteiger partial charge in [0.05, 0.1) is 12.2 Å². The van der Waals surface area contributed by atoms with E-state index in [1.807, 2.05) is 18.2 Å². The van der Waals surface area contributed by atoms with Gasteiger partial charge in [0.2, 0.25) is 5.91 Å². The minimum Gasteiger partial charge on any atom is -1.00 e. The van der Waals surface area contributed by atoms with Crippen molar-refractivity contribution in [2.45, 2.75) is 19.3 Å². The van der Waals surface area contributed by atoms with Crippen molar-refractivity contribution in [3.05, 3.63) is 18.2 Å². The molecule has 1 aromatic rings. The van der Waals surface area contributed by atoms with Gasteiger partial charge in [-0.2, -0.15) is 0 Å². The molecule has 3 rings (SSSR count). The lowest BCUT2D eigenvalue weighted by Crippen LogP contribution is -3.00. The number of hydrogen-bond acceptors (Lipinski definition) is 4. The first-order valence-corrected chi connectivity index (χ1v) is 7.24. The molecule has 116 valence electrons. The molecule has 5 nitrogen and oxygen atoms in total. The van der Waals surface area contributed by atoms with Crippen LogP contribution in [0.1, 0.15) is 19.3 Å². The molecule has 0 saturated carbocycles. The fraction of sp³-hybridized carbons (Fsp3) is 0.533. The minimum absolute atomic E-state index is 0. The van der Waals surface area contributed by atoms with Gasteiger partial charge >= 0.3 is 0 Å². The van der Waals surface area contributed by atoms with Gasteiger partial charge in [0.25, 0.3) is 0 Å². The summed E-state index contributed by atoms with van der Waals surface area (Å²) in [6.07, 6.45) is 3.64. The van der Waals surface area contributed by atoms with E-state index in [9.17, 15) is 4.79 Å². The fourth-order valence-electron chi connectivity index (χ4n) is 2.68. The molecule has 0 unspecified atom stereocenters. The molecular formula is C15H20ClN2O3-. The molecular weight excluding hydrogens is 292 g/mol. The lowest BCUT2D eigenvalue weighted by atomic mass is 10.1. The van der Waals surface area contributed by atoms with Crippen molar-refractivity contribution in [3.8, 4) is 11.5 Å². The molecule has 0 bridgehead atoms. The van der Waals surface area contributed by atoms with E-state index >= 15 is 0 Å². The number of carbonyl (C=O) groups excluding carboxylic acids is 1. The predicted molar refractivity (Wildman–Crippen MR) is 76.4 cm³/mol. The topological polar surface area (TPSA) is 50.8 Å². The van der Waals surface area contributed by atoms with Crippen molar-refractivity contribution >= 4 is 11.6 Å². The van der Waals surface area contributed by atoms with E-state index in [1.165, 1.54) is 19.3 Å². The van der Waals surface area contributed by atoms with Crippen LogP contribution in [0, 0.1) is 0 Å². The van der Waals surface area contributed by atoms with Gasteiger partial charge in [0, 0.05) is 0 Å². The quantitative estimate of drug-likeness (QED) is 0.769. The Morgan fingerprint density at radius 2 is 1.90 bits per heavy atom. The summed E-state index contributed by atoms with van der Waals surface area (Å²) in [6, 6.07) is 5.57. The summed E-state index contributed by atoms with van der Waals surface area (Å²) in [7, 11) is 0. The van der Waals surface area contributed by atoms with Gasteiger partial charge in [-0.1, -0.05) is 12.5 Å². The first-order chi connectivity index (χ1) is 9.83. The molecule has 6 heteroatoms. The predicted octanol–water partition coefficient (Wildman–Crippen LogP) is -1.11. The number of amides is 1. The Morgan fingerprint density at radius 1 is 1.14 bits per heavy atom. The van der Waals surface area contributed by atoms with Crippen LogP contribution in [0.25, 0.3) is 0 Å². The van der Waals surface area contributed by atoms with E-state index in [1.54, 1.807) is 0 Å². The Kier molecular flexibility index (Phi) is 5.70. The van der Waals surface area contributed by atoms with Crippen LogP contribution in [0.3, 0.4) is 0 Å². The van der Waals surface area contributed by atoms with E-state index in [2.05, 4.69) is 10.2 Å². The molecule has 2 aliphatic heterocycles. The maximum atomic E-state index is 12.1. The number of benzene rings is 1. The average molecular weight is 312 g/mol. The number of rotatable bonds is 3. The van der Waals surface area contributed by atoms with E-state index in [0.717, 1.165) is 13.1 Å². The van der Waals surface area contributed by atoms with Gasteiger partial charge in [-0.3, -0.25) is 9.69 Å². The van der Waals surface area contributed by atoms with Crippen LogP contribution in [0.5, 0.6) is 11.5 Å². The molecule has 0 aliphatic carbocycles. The molecule has 1 aromatic carbocycles. The van der Waals surface area contributed by atoms with Crippen molar-refractivity contribution in [1.29, 1.82) is 0 Å². The number of fused-ring (bicyclic) bond motifs is 1. The number of carbonyl (C=O) groups is 1. The number of ether oxygens (including phenoxy) is 2. The third-order valence-electron chi connectivity index (χ3n) is 3.66. The zero-order valence-corrected chi connectivity index (χ0v) is 12.7. The zero-order valence-electron chi connectivity index (χ0n) is 11.9. The van der Waals surface area contributed by atoms with Gasteiger partial charge in [-0.25, -0.2) is 0 Å². The summed E-state index contributed by atoms with van der Waals surface area (Å²) in [5.74, 6) is 1.35. The molecule has 0 aromatic heterocycles. The number of hydrogen-bond donors (Lipinski definition) is 1. The van der Waals surface area contributed by atoms with E-state index in [-0.39, 0.29) is 18.3 Å². The summed E-state index contributed by atoms with van der Waals surface area (Å²) in [5.41, 5.74) is 0.698. The standard InChI is InChI=1S/C15H20N2O3.ClH/c18-14(11-17-7-2-1-3-8-17)16-12-5-4-6-13-15(12)20-10-9-19-13;/h4-6H,1-3,7-11H2,(H,16,18);1H/p-1. The third-order valence-corrected chi connectivity index (χ3v) is 3.66. The van der Waals surface area contributed by atoms with Crippen molar-refractivity contribution < 1.29 is 26.7 Å². The van der Waals surface area contributed by atoms with Crippen molar-refractivity contribution in [2.24, 2.45) is 0 Å². The van der Waals surface area contributed by atoms with Crippen LogP contribution in [0.2, 0.25) is 0 Å². The average Bonchev–Trinajstić information content (AvgIpc) is 2.48. The van der Waals surface area contributed by atoms with Crippen LogP contribution in [0.15, 0.2) is 18.2 Å². The first-order valence-electron chi connectivity index (χ1n) is 7.24. The summed E-state index contributed by atoms with van der Waals surface area (Å²) < 4.78 is 11.1. The van der Waals surface area contributed by atoms with Crippen LogP contribution in [-0.2, 0) is 4.79 Å². The van der Waals surface area contributed by atoms with Crippen LogP contribution in [0.4, 0.5) is 5.69 Å². The monoisotopic (exact) mass is 311 g/mol. The van der Waals surface area contributed by atoms with Crippen LogP contribution in [-0.4, -0.2) is 43.7 Å². The molecule has 1 saturated heterocycles. The number of likely N-dealkylation sites (tertiary alicyclic amines) is 1. The summed E-state index contributed by atoms with van der Waals surface area (Å²) in [5, 5.41) is 2.93. The molecule has 0 spiro atoms. The summed E-state index contributed by atoms with van der Waals surface area (Å²) in [4.78, 5) is 14.3. The summed E-state index contributed by atoms with van der Waals surface area (Å²) in [6.45, 7) is 3.55. The van der Waals surface area contributed by atoms with E-state index in [0.29, 0.717) is 36.9 Å². The molecule has 21 heavy (non-hydrogen) atoms. The van der Waals surface area contributed by atoms with Gasteiger partial charge in [-0.05, 0) is 38.1 Å². The first kappa shape index (κ1) is 15.9. The number of halogens is 1. The largest absolute Gasteiger partial charge is 1.00 e. The number of piperidine rings is 1. The van der Waals surface area contributed by atoms with Crippen LogP contribution < -0.4 is 27.2 Å². The van der Waals surface area contributed by atoms with Crippen molar-refractivity contribution in [2.75, 3.05) is 38.2 Å². The molecule has 0 radical (unpaired) electrons. The maximum absolute atomic E-state index is 12.1. The molecule has 2 heterocycles. The highest BCUT2D eigenvalue weighted by Crippen LogP contribution is 2.37. The minimum atomic E-state index is 0. The van der Waals surface area contributed by atoms with Crippen LogP contribution >= 0.6 is 0 Å². The van der Waals surface area contributed by atoms with Gasteiger partial charge in [-0.15, -0.1) is 0 Å². The molecule has 1 fully saturated rings. The molecule has 2 aliphatic rings. The Bertz CT molecular complexity index is 490. The number of anilines is 1. The lowest BCUT2D eigenvalue weighted by molar-refractivity contribution is -0.117. The maximum Gasteiger partial charge on any atom is 0.238 e. The highest BCUT2D eigenvalue weighted by atomic mass is 35.5. The smallest absolute Gasteiger partial charge is 0.238 e. The Morgan fingerprint density at radius 3 is 2.71 bits per heavy atom. The normalized spacial score (nSPS) is 17.7. The number of nitrogens with zero attached hydrogens (tertiary/aromatic N) is 1. The zero-order chi connectivity index (χ0) is 13.8. The SMILES string of the molecule is O=C(CN1CCCCC1)Nc1cccc2c1OCCO2.[Cl-].